The van der Waals surface area contributed by atoms with Gasteiger partial charge in [0.2, 0.25) is 0 Å². The number of H-pyrrole nitrogens is 1. The van der Waals surface area contributed by atoms with E-state index in [1.807, 2.05) is 18.2 Å². The Labute approximate surface area is 134 Å². The zero-order valence-electron chi connectivity index (χ0n) is 11.3. The first-order valence-electron chi connectivity index (χ1n) is 6.50. The molecule has 6 heteroatoms. The van der Waals surface area contributed by atoms with Crippen molar-refractivity contribution in [2.75, 3.05) is 0 Å². The molecule has 3 rings (SSSR count). The molecule has 1 amide bonds. The van der Waals surface area contributed by atoms with Crippen molar-refractivity contribution >= 4 is 39.0 Å². The van der Waals surface area contributed by atoms with Gasteiger partial charge in [0.05, 0.1) is 11.8 Å². The first-order valence-corrected chi connectivity index (χ1v) is 7.29. The number of halogens is 2. The molecule has 3 aromatic rings. The summed E-state index contributed by atoms with van der Waals surface area (Å²) in [5.41, 5.74) is 4.07. The van der Waals surface area contributed by atoms with Crippen molar-refractivity contribution in [1.82, 2.24) is 10.4 Å². The quantitative estimate of drug-likeness (QED) is 0.541. The van der Waals surface area contributed by atoms with E-state index in [0.717, 1.165) is 20.9 Å². The maximum Gasteiger partial charge on any atom is 0.274 e. The molecular formula is C16H11BrFN3O. The number of carbonyl (C=O) groups excluding carboxylic acids is 1. The third-order valence-electron chi connectivity index (χ3n) is 3.16. The van der Waals surface area contributed by atoms with Crippen molar-refractivity contribution in [1.29, 1.82) is 0 Å². The van der Waals surface area contributed by atoms with Gasteiger partial charge in [0.25, 0.3) is 5.91 Å². The van der Waals surface area contributed by atoms with Crippen LogP contribution in [0.1, 0.15) is 15.9 Å². The maximum atomic E-state index is 13.5. The zero-order chi connectivity index (χ0) is 15.5. The second-order valence-electron chi connectivity index (χ2n) is 4.61. The number of carbonyl (C=O) groups is 1. The Hall–Kier alpha value is -2.47. The molecule has 0 saturated carbocycles. The van der Waals surface area contributed by atoms with Crippen molar-refractivity contribution in [3.63, 3.8) is 0 Å². The second kappa shape index (κ2) is 6.11. The first-order chi connectivity index (χ1) is 10.6. The van der Waals surface area contributed by atoms with Gasteiger partial charge in [-0.15, -0.1) is 0 Å². The summed E-state index contributed by atoms with van der Waals surface area (Å²) in [6.45, 7) is 0. The lowest BCUT2D eigenvalue weighted by atomic mass is 10.2. The van der Waals surface area contributed by atoms with Crippen LogP contribution in [0.5, 0.6) is 0 Å². The predicted molar refractivity (Wildman–Crippen MR) is 87.5 cm³/mol. The van der Waals surface area contributed by atoms with Crippen molar-refractivity contribution in [3.05, 3.63) is 70.1 Å². The van der Waals surface area contributed by atoms with Crippen LogP contribution < -0.4 is 5.43 Å². The van der Waals surface area contributed by atoms with Crippen molar-refractivity contribution in [3.8, 4) is 0 Å². The third-order valence-corrected chi connectivity index (χ3v) is 3.66. The molecule has 0 atom stereocenters. The number of nitrogens with one attached hydrogen (secondary N) is 2. The van der Waals surface area contributed by atoms with Gasteiger partial charge in [-0.05, 0) is 30.3 Å². The minimum absolute atomic E-state index is 0.0404. The molecule has 1 heterocycles. The van der Waals surface area contributed by atoms with Gasteiger partial charge < -0.3 is 4.98 Å². The van der Waals surface area contributed by atoms with Gasteiger partial charge in [0, 0.05) is 27.1 Å². The number of aromatic amines is 1. The summed E-state index contributed by atoms with van der Waals surface area (Å²) in [5.74, 6) is -1.17. The monoisotopic (exact) mass is 359 g/mol. The highest BCUT2D eigenvalue weighted by Crippen LogP contribution is 2.21. The number of amides is 1. The van der Waals surface area contributed by atoms with E-state index >= 15 is 0 Å². The Bertz CT molecular complexity index is 873. The molecular weight excluding hydrogens is 349 g/mol. The fraction of sp³-hybridized carbons (Fsp3) is 0. The van der Waals surface area contributed by atoms with E-state index in [4.69, 9.17) is 0 Å². The van der Waals surface area contributed by atoms with Crippen LogP contribution in [0.3, 0.4) is 0 Å². The molecule has 1 aromatic heterocycles. The minimum Gasteiger partial charge on any atom is -0.361 e. The van der Waals surface area contributed by atoms with Gasteiger partial charge in [-0.3, -0.25) is 4.79 Å². The largest absolute Gasteiger partial charge is 0.361 e. The summed E-state index contributed by atoms with van der Waals surface area (Å²) in [4.78, 5) is 14.9. The van der Waals surface area contributed by atoms with Crippen LogP contribution in [0.25, 0.3) is 10.9 Å². The Kier molecular flexibility index (Phi) is 4.02. The standard InChI is InChI=1S/C16H11BrFN3O/c17-11-5-6-15-13(7-11)10(8-19-15)9-20-21-16(22)12-3-1-2-4-14(12)18/h1-9,19H,(H,21,22)/b20-9+. The van der Waals surface area contributed by atoms with E-state index in [1.165, 1.54) is 24.4 Å². The van der Waals surface area contributed by atoms with Gasteiger partial charge in [-0.25, -0.2) is 9.82 Å². The summed E-state index contributed by atoms with van der Waals surface area (Å²) >= 11 is 3.41. The number of hydrogen-bond acceptors (Lipinski definition) is 2. The van der Waals surface area contributed by atoms with Gasteiger partial charge in [-0.2, -0.15) is 5.10 Å². The summed E-state index contributed by atoms with van der Waals surface area (Å²) < 4.78 is 14.4. The molecule has 0 saturated heterocycles. The highest BCUT2D eigenvalue weighted by Gasteiger charge is 2.09. The number of nitrogens with zero attached hydrogens (tertiary/aromatic N) is 1. The van der Waals surface area contributed by atoms with Gasteiger partial charge in [0.1, 0.15) is 5.82 Å². The number of hydrazone groups is 1. The fourth-order valence-electron chi connectivity index (χ4n) is 2.09. The molecule has 0 aliphatic rings. The molecule has 0 aliphatic heterocycles. The maximum absolute atomic E-state index is 13.5. The highest BCUT2D eigenvalue weighted by molar-refractivity contribution is 9.10. The van der Waals surface area contributed by atoms with Gasteiger partial charge in [-0.1, -0.05) is 28.1 Å². The molecule has 0 aliphatic carbocycles. The minimum atomic E-state index is -0.588. The summed E-state index contributed by atoms with van der Waals surface area (Å²) in [6, 6.07) is 11.6. The van der Waals surface area contributed by atoms with E-state index in [2.05, 4.69) is 31.4 Å². The third kappa shape index (κ3) is 2.92. The van der Waals surface area contributed by atoms with E-state index in [1.54, 1.807) is 12.3 Å². The normalized spacial score (nSPS) is 11.2. The zero-order valence-corrected chi connectivity index (χ0v) is 12.9. The average Bonchev–Trinajstić information content (AvgIpc) is 2.90. The molecule has 0 radical (unpaired) electrons. The summed E-state index contributed by atoms with van der Waals surface area (Å²) in [7, 11) is 0. The lowest BCUT2D eigenvalue weighted by Gasteiger charge is -2.00. The van der Waals surface area contributed by atoms with Crippen molar-refractivity contribution < 1.29 is 9.18 Å². The van der Waals surface area contributed by atoms with Crippen LogP contribution in [0.2, 0.25) is 0 Å². The van der Waals surface area contributed by atoms with E-state index < -0.39 is 11.7 Å². The SMILES string of the molecule is O=C(N/N=C/c1c[nH]c2ccc(Br)cc12)c1ccccc1F. The Morgan fingerprint density at radius 1 is 1.27 bits per heavy atom. The van der Waals surface area contributed by atoms with Gasteiger partial charge in [0.15, 0.2) is 0 Å². The molecule has 2 N–H and O–H groups in total. The van der Waals surface area contributed by atoms with Crippen LogP contribution in [0, 0.1) is 5.82 Å². The molecule has 0 spiro atoms. The van der Waals surface area contributed by atoms with Crippen LogP contribution in [-0.2, 0) is 0 Å². The van der Waals surface area contributed by atoms with Crippen molar-refractivity contribution in [2.24, 2.45) is 5.10 Å². The lowest BCUT2D eigenvalue weighted by Crippen LogP contribution is -2.18. The van der Waals surface area contributed by atoms with Crippen LogP contribution in [-0.4, -0.2) is 17.1 Å². The van der Waals surface area contributed by atoms with Crippen molar-refractivity contribution in [2.45, 2.75) is 0 Å². The van der Waals surface area contributed by atoms with Crippen LogP contribution in [0.4, 0.5) is 4.39 Å². The Balaban J connectivity index is 1.78. The number of fused-ring (bicyclic) bond motifs is 1. The molecule has 0 bridgehead atoms. The van der Waals surface area contributed by atoms with E-state index in [9.17, 15) is 9.18 Å². The Morgan fingerprint density at radius 3 is 2.91 bits per heavy atom. The number of benzene rings is 2. The number of rotatable bonds is 3. The highest BCUT2D eigenvalue weighted by atomic mass is 79.9. The first kappa shape index (κ1) is 14.5. The van der Waals surface area contributed by atoms with Crippen LogP contribution in [0.15, 0.2) is 58.2 Å². The van der Waals surface area contributed by atoms with Gasteiger partial charge >= 0.3 is 0 Å². The fourth-order valence-corrected chi connectivity index (χ4v) is 2.45. The smallest absolute Gasteiger partial charge is 0.274 e. The average molecular weight is 360 g/mol. The topological polar surface area (TPSA) is 57.2 Å². The number of hydrogen-bond donors (Lipinski definition) is 2. The molecule has 0 unspecified atom stereocenters. The second-order valence-corrected chi connectivity index (χ2v) is 5.53. The molecule has 0 fully saturated rings. The van der Waals surface area contributed by atoms with E-state index in [0.29, 0.717) is 0 Å². The van der Waals surface area contributed by atoms with E-state index in [-0.39, 0.29) is 5.56 Å². The molecule has 4 nitrogen and oxygen atoms in total. The summed E-state index contributed by atoms with van der Waals surface area (Å²) in [5, 5.41) is 4.86. The molecule has 22 heavy (non-hydrogen) atoms. The predicted octanol–water partition coefficient (Wildman–Crippen LogP) is 3.83. The lowest BCUT2D eigenvalue weighted by molar-refractivity contribution is 0.0951. The summed E-state index contributed by atoms with van der Waals surface area (Å²) in [6.07, 6.45) is 3.31. The molecule has 110 valence electrons. The number of aromatic nitrogens is 1. The molecule has 2 aromatic carbocycles. The Morgan fingerprint density at radius 2 is 2.09 bits per heavy atom. The van der Waals surface area contributed by atoms with Crippen LogP contribution >= 0.6 is 15.9 Å².